The Balaban J connectivity index is 0.000000585. The summed E-state index contributed by atoms with van der Waals surface area (Å²) in [6, 6.07) is 23.7. The monoisotopic (exact) mass is 573 g/mol. The number of benzene rings is 3. The quantitative estimate of drug-likeness (QED) is 0.242. The van der Waals surface area contributed by atoms with E-state index in [-0.39, 0.29) is 11.6 Å². The summed E-state index contributed by atoms with van der Waals surface area (Å²) < 4.78 is 9.62. The molecule has 0 amide bonds. The molecule has 0 bridgehead atoms. The number of pyridine rings is 1. The summed E-state index contributed by atoms with van der Waals surface area (Å²) in [5, 5.41) is 16.5. The van der Waals surface area contributed by atoms with E-state index < -0.39 is 11.9 Å². The fraction of sp³-hybridized carbons (Fsp3) is 0.161. The number of aliphatic carboxylic acids is 2. The van der Waals surface area contributed by atoms with Gasteiger partial charge in [0.15, 0.2) is 0 Å². The highest BCUT2D eigenvalue weighted by Gasteiger charge is 2.19. The number of fused-ring (bicyclic) bond motifs is 1. The molecule has 2 heterocycles. The average Bonchev–Trinajstić information content (AvgIpc) is 3.50. The Hall–Kier alpha value is -4.89. The van der Waals surface area contributed by atoms with Crippen LogP contribution in [0.15, 0.2) is 96.3 Å². The molecule has 2 aromatic heterocycles. The zero-order chi connectivity index (χ0) is 29.5. The lowest BCUT2D eigenvalue weighted by Crippen LogP contribution is -2.17. The Morgan fingerprint density at radius 1 is 0.976 bits per heavy atom. The number of halogens is 1. The number of ether oxygens (including phenoxy) is 1. The highest BCUT2D eigenvalue weighted by atomic mass is 35.5. The molecule has 1 unspecified atom stereocenters. The van der Waals surface area contributed by atoms with Crippen LogP contribution in [0.2, 0.25) is 5.02 Å². The highest BCUT2D eigenvalue weighted by molar-refractivity contribution is 6.30. The van der Waals surface area contributed by atoms with Crippen LogP contribution in [0.3, 0.4) is 0 Å². The van der Waals surface area contributed by atoms with Gasteiger partial charge in [0.05, 0.1) is 24.5 Å². The fourth-order valence-electron chi connectivity index (χ4n) is 4.46. The molecule has 0 saturated heterocycles. The van der Waals surface area contributed by atoms with Gasteiger partial charge in [0, 0.05) is 35.9 Å². The highest BCUT2D eigenvalue weighted by Crippen LogP contribution is 2.34. The van der Waals surface area contributed by atoms with E-state index in [0.29, 0.717) is 11.6 Å². The maximum atomic E-state index is 12.8. The number of nitrogens with zero attached hydrogens (tertiary/aromatic N) is 3. The fourth-order valence-corrected chi connectivity index (χ4v) is 4.59. The summed E-state index contributed by atoms with van der Waals surface area (Å²) in [6.07, 6.45) is 6.49. The molecule has 210 valence electrons. The minimum absolute atomic E-state index is 0.0519. The number of carboxylic acid groups (broad SMARTS) is 2. The van der Waals surface area contributed by atoms with Crippen LogP contribution in [0.4, 0.5) is 0 Å². The second-order valence-corrected chi connectivity index (χ2v) is 9.62. The van der Waals surface area contributed by atoms with Crippen LogP contribution in [-0.2, 0) is 16.6 Å². The van der Waals surface area contributed by atoms with E-state index >= 15 is 0 Å². The van der Waals surface area contributed by atoms with E-state index in [1.807, 2.05) is 67.1 Å². The van der Waals surface area contributed by atoms with E-state index in [1.54, 1.807) is 23.9 Å². The molecule has 0 aliphatic rings. The van der Waals surface area contributed by atoms with E-state index in [1.165, 1.54) is 0 Å². The van der Waals surface area contributed by atoms with Gasteiger partial charge in [-0.15, -0.1) is 0 Å². The average molecular weight is 574 g/mol. The lowest BCUT2D eigenvalue weighted by atomic mass is 9.94. The third-order valence-corrected chi connectivity index (χ3v) is 6.65. The van der Waals surface area contributed by atoms with Gasteiger partial charge in [-0.2, -0.15) is 0 Å². The van der Waals surface area contributed by atoms with E-state index in [2.05, 4.69) is 28.6 Å². The third kappa shape index (κ3) is 6.82. The van der Waals surface area contributed by atoms with Gasteiger partial charge in [0.25, 0.3) is 5.56 Å². The molecule has 1 atom stereocenters. The molecule has 41 heavy (non-hydrogen) atoms. The molecule has 0 aliphatic carbocycles. The lowest BCUT2D eigenvalue weighted by molar-refractivity contribution is -0.159. The summed E-state index contributed by atoms with van der Waals surface area (Å²) in [5.41, 5.74) is 4.82. The number of imidazole rings is 1. The largest absolute Gasteiger partial charge is 0.494 e. The number of aryl methyl sites for hydroxylation is 1. The number of hydrogen-bond donors (Lipinski definition) is 2. The summed E-state index contributed by atoms with van der Waals surface area (Å²) in [7, 11) is 1.81. The van der Waals surface area contributed by atoms with Crippen molar-refractivity contribution in [3.63, 3.8) is 0 Å². The Labute approximate surface area is 240 Å². The Morgan fingerprint density at radius 2 is 1.68 bits per heavy atom. The van der Waals surface area contributed by atoms with Crippen LogP contribution in [0.25, 0.3) is 22.0 Å². The Morgan fingerprint density at radius 3 is 2.32 bits per heavy atom. The van der Waals surface area contributed by atoms with Gasteiger partial charge < -0.3 is 24.1 Å². The summed E-state index contributed by atoms with van der Waals surface area (Å²) >= 11 is 6.17. The number of aromatic nitrogens is 3. The first kappa shape index (κ1) is 29.1. The van der Waals surface area contributed by atoms with Crippen molar-refractivity contribution < 1.29 is 24.5 Å². The predicted molar refractivity (Wildman–Crippen MR) is 157 cm³/mol. The van der Waals surface area contributed by atoms with Gasteiger partial charge in [-0.1, -0.05) is 48.9 Å². The molecule has 0 aliphatic heterocycles. The standard InChI is InChI=1S/C29H26ClN3O2.C2H2O4/c1-3-15-35-24-6-4-5-21(16-24)25-18-28(34)32(2)27-12-9-22(17-26(25)27)29(33-14-13-31-19-33)20-7-10-23(30)11-8-20;3-1(4)2(5)6/h4-14,16-19,29H,3,15H2,1-2H3;(H,3,4)(H,5,6). The molecule has 2 N–H and O–H groups in total. The zero-order valence-electron chi connectivity index (χ0n) is 22.4. The second-order valence-electron chi connectivity index (χ2n) is 9.18. The van der Waals surface area contributed by atoms with E-state index in [0.717, 1.165) is 45.3 Å². The van der Waals surface area contributed by atoms with Crippen molar-refractivity contribution in [3.05, 3.63) is 118 Å². The van der Waals surface area contributed by atoms with Gasteiger partial charge in [0.1, 0.15) is 5.75 Å². The smallest absolute Gasteiger partial charge is 0.414 e. The van der Waals surface area contributed by atoms with Crippen molar-refractivity contribution in [3.8, 4) is 16.9 Å². The van der Waals surface area contributed by atoms with Gasteiger partial charge in [-0.25, -0.2) is 14.6 Å². The Bertz CT molecular complexity index is 1720. The maximum absolute atomic E-state index is 12.8. The number of carboxylic acids is 2. The van der Waals surface area contributed by atoms with Crippen molar-refractivity contribution in [2.45, 2.75) is 19.4 Å². The van der Waals surface area contributed by atoms with Crippen LogP contribution < -0.4 is 10.3 Å². The molecule has 5 rings (SSSR count). The molecule has 3 aromatic carbocycles. The van der Waals surface area contributed by atoms with Crippen molar-refractivity contribution in [2.24, 2.45) is 7.05 Å². The molecule has 10 heteroatoms. The van der Waals surface area contributed by atoms with Crippen LogP contribution in [0, 0.1) is 0 Å². The van der Waals surface area contributed by atoms with Gasteiger partial charge >= 0.3 is 11.9 Å². The van der Waals surface area contributed by atoms with Crippen molar-refractivity contribution >= 4 is 34.4 Å². The van der Waals surface area contributed by atoms with Gasteiger partial charge in [-0.05, 0) is 65.1 Å². The zero-order valence-corrected chi connectivity index (χ0v) is 23.2. The van der Waals surface area contributed by atoms with Crippen LogP contribution in [-0.4, -0.2) is 42.9 Å². The van der Waals surface area contributed by atoms with E-state index in [4.69, 9.17) is 36.1 Å². The molecule has 5 aromatic rings. The number of rotatable bonds is 7. The molecule has 0 fully saturated rings. The summed E-state index contributed by atoms with van der Waals surface area (Å²) in [6.45, 7) is 2.73. The maximum Gasteiger partial charge on any atom is 0.414 e. The summed E-state index contributed by atoms with van der Waals surface area (Å²) in [4.78, 5) is 35.3. The first-order valence-corrected chi connectivity index (χ1v) is 13.1. The predicted octanol–water partition coefficient (Wildman–Crippen LogP) is 5.64. The topological polar surface area (TPSA) is 124 Å². The molecule has 0 saturated carbocycles. The number of carbonyl (C=O) groups is 2. The molecular formula is C31H28ClN3O6. The van der Waals surface area contributed by atoms with Gasteiger partial charge in [-0.3, -0.25) is 4.79 Å². The molecule has 9 nitrogen and oxygen atoms in total. The molecule has 0 radical (unpaired) electrons. The lowest BCUT2D eigenvalue weighted by Gasteiger charge is -2.21. The Kier molecular flexibility index (Phi) is 9.21. The minimum atomic E-state index is -1.82. The van der Waals surface area contributed by atoms with Crippen molar-refractivity contribution in [1.29, 1.82) is 0 Å². The normalized spacial score (nSPS) is 11.4. The SMILES string of the molecule is CCCOc1cccc(-c2cc(=O)n(C)c3ccc(C(c4ccc(Cl)cc4)n4ccnc4)cc23)c1.O=C(O)C(=O)O. The second kappa shape index (κ2) is 13.0. The van der Waals surface area contributed by atoms with Gasteiger partial charge in [0.2, 0.25) is 0 Å². The summed E-state index contributed by atoms with van der Waals surface area (Å²) in [5.74, 6) is -2.85. The minimum Gasteiger partial charge on any atom is -0.494 e. The van der Waals surface area contributed by atoms with Crippen LogP contribution >= 0.6 is 11.6 Å². The number of hydrogen-bond acceptors (Lipinski definition) is 5. The van der Waals surface area contributed by atoms with E-state index in [9.17, 15) is 4.79 Å². The van der Waals surface area contributed by atoms with Crippen molar-refractivity contribution in [2.75, 3.05) is 6.61 Å². The third-order valence-electron chi connectivity index (χ3n) is 6.40. The first-order valence-electron chi connectivity index (χ1n) is 12.8. The first-order chi connectivity index (χ1) is 19.7. The molecular weight excluding hydrogens is 546 g/mol. The van der Waals surface area contributed by atoms with Crippen LogP contribution in [0.5, 0.6) is 5.75 Å². The van der Waals surface area contributed by atoms with Crippen molar-refractivity contribution in [1.82, 2.24) is 14.1 Å². The molecule has 0 spiro atoms. The van der Waals surface area contributed by atoms with Crippen LogP contribution in [0.1, 0.15) is 30.5 Å².